The summed E-state index contributed by atoms with van der Waals surface area (Å²) in [5.41, 5.74) is 14.9. The fraction of sp³-hybridized carbons (Fsp3) is 0.500. The number of carbonyl (C=O) groups is 2. The molecule has 4 rings (SSSR count). The minimum Gasteiger partial charge on any atom is -0.384 e. The Balaban J connectivity index is 1.50. The van der Waals surface area contributed by atoms with E-state index in [-0.39, 0.29) is 29.5 Å². The molecule has 0 bridgehead atoms. The van der Waals surface area contributed by atoms with Gasteiger partial charge in [-0.2, -0.15) is 0 Å². The highest BCUT2D eigenvalue weighted by Crippen LogP contribution is 2.29. The van der Waals surface area contributed by atoms with Crippen molar-refractivity contribution < 1.29 is 9.59 Å². The number of nitrogens with one attached hydrogen (secondary N) is 4. The molecule has 0 aromatic heterocycles. The van der Waals surface area contributed by atoms with E-state index in [2.05, 4.69) is 10.6 Å². The van der Waals surface area contributed by atoms with Crippen molar-refractivity contribution in [3.05, 3.63) is 70.8 Å². The largest absolute Gasteiger partial charge is 0.384 e. The second-order valence-electron chi connectivity index (χ2n) is 11.7. The summed E-state index contributed by atoms with van der Waals surface area (Å²) in [5, 5.41) is 21.7. The summed E-state index contributed by atoms with van der Waals surface area (Å²) in [6.07, 6.45) is 7.37. The summed E-state index contributed by atoms with van der Waals surface area (Å²) in [7, 11) is 0. The lowest BCUT2D eigenvalue weighted by Gasteiger charge is -2.34. The first-order valence-corrected chi connectivity index (χ1v) is 14.9. The standard InChI is InChI=1S/C32H45N7O2/c1-21-7-5-6-10-26(21)27(19-22-11-13-25(14-12-22)29(33)34)30(40)38-28(24-8-3-2-4-9-24)31(41)37-20-23-15-17-39(18-16-23)32(35)36/h5-7,10-14,23-24,27-28H,2-4,8-9,15-20H2,1H3,(H3,33,34)(H3,35,36)(H,37,41)(H,38,40)/t27-,28-/m0/s1. The number of hydrogen-bond acceptors (Lipinski definition) is 4. The molecular weight excluding hydrogens is 514 g/mol. The summed E-state index contributed by atoms with van der Waals surface area (Å²) in [5.74, 6) is -0.158. The van der Waals surface area contributed by atoms with Gasteiger partial charge in [0.2, 0.25) is 11.8 Å². The molecule has 2 fully saturated rings. The van der Waals surface area contributed by atoms with Gasteiger partial charge in [0.1, 0.15) is 11.9 Å². The highest BCUT2D eigenvalue weighted by atomic mass is 16.2. The van der Waals surface area contributed by atoms with Crippen LogP contribution in [0.1, 0.15) is 73.1 Å². The highest BCUT2D eigenvalue weighted by Gasteiger charge is 2.34. The number of carbonyl (C=O) groups excluding carboxylic acids is 2. The molecule has 9 nitrogen and oxygen atoms in total. The van der Waals surface area contributed by atoms with Crippen molar-refractivity contribution in [2.24, 2.45) is 23.3 Å². The van der Waals surface area contributed by atoms with Gasteiger partial charge in [0.05, 0.1) is 5.92 Å². The Kier molecular flexibility index (Phi) is 10.4. The second kappa shape index (κ2) is 14.1. The molecule has 1 aliphatic carbocycles. The van der Waals surface area contributed by atoms with Gasteiger partial charge >= 0.3 is 0 Å². The maximum atomic E-state index is 14.1. The van der Waals surface area contributed by atoms with Crippen LogP contribution in [-0.4, -0.2) is 54.2 Å². The monoisotopic (exact) mass is 559 g/mol. The van der Waals surface area contributed by atoms with E-state index >= 15 is 0 Å². The number of rotatable bonds is 10. The lowest BCUT2D eigenvalue weighted by Crippen LogP contribution is -2.53. The predicted molar refractivity (Wildman–Crippen MR) is 163 cm³/mol. The van der Waals surface area contributed by atoms with Gasteiger partial charge in [-0.25, -0.2) is 0 Å². The number of piperidine rings is 1. The van der Waals surface area contributed by atoms with E-state index in [4.69, 9.17) is 22.3 Å². The normalized spacial score (nSPS) is 17.8. The minimum atomic E-state index is -0.577. The SMILES string of the molecule is Cc1ccccc1[C@H](Cc1ccc(C(=N)N)cc1)C(=O)N[C@H](C(=O)NCC1CCN(C(=N)N)CC1)C1CCCCC1. The minimum absolute atomic E-state index is 0.00971. The lowest BCUT2D eigenvalue weighted by atomic mass is 9.82. The van der Waals surface area contributed by atoms with Crippen LogP contribution in [-0.2, 0) is 16.0 Å². The highest BCUT2D eigenvalue weighted by molar-refractivity contribution is 5.95. The van der Waals surface area contributed by atoms with Gasteiger partial charge in [0, 0.05) is 25.2 Å². The average Bonchev–Trinajstić information content (AvgIpc) is 2.98. The fourth-order valence-corrected chi connectivity index (χ4v) is 6.23. The molecule has 1 aliphatic heterocycles. The molecule has 0 spiro atoms. The van der Waals surface area contributed by atoms with Gasteiger partial charge in [-0.3, -0.25) is 20.4 Å². The van der Waals surface area contributed by atoms with Crippen LogP contribution in [0, 0.1) is 29.6 Å². The van der Waals surface area contributed by atoms with Crippen molar-refractivity contribution >= 4 is 23.6 Å². The Labute approximate surface area is 243 Å². The van der Waals surface area contributed by atoms with Gasteiger partial charge in [-0.15, -0.1) is 0 Å². The third kappa shape index (κ3) is 8.08. The van der Waals surface area contributed by atoms with Crippen molar-refractivity contribution in [2.45, 2.75) is 70.3 Å². The number of likely N-dealkylation sites (tertiary alicyclic amines) is 1. The van der Waals surface area contributed by atoms with Crippen molar-refractivity contribution in [3.63, 3.8) is 0 Å². The molecule has 2 aliphatic rings. The molecule has 1 heterocycles. The Bertz CT molecular complexity index is 1210. The van der Waals surface area contributed by atoms with E-state index in [9.17, 15) is 9.59 Å². The summed E-state index contributed by atoms with van der Waals surface area (Å²) in [6, 6.07) is 14.8. The predicted octanol–water partition coefficient (Wildman–Crippen LogP) is 3.39. The maximum absolute atomic E-state index is 14.1. The van der Waals surface area contributed by atoms with Crippen LogP contribution in [0.2, 0.25) is 0 Å². The van der Waals surface area contributed by atoms with Gasteiger partial charge in [-0.05, 0) is 67.6 Å². The molecule has 0 unspecified atom stereocenters. The topological polar surface area (TPSA) is 161 Å². The molecule has 0 radical (unpaired) electrons. The van der Waals surface area contributed by atoms with Gasteiger partial charge < -0.3 is 27.0 Å². The number of hydrogen-bond donors (Lipinski definition) is 6. The Morgan fingerprint density at radius 2 is 1.59 bits per heavy atom. The number of nitrogens with two attached hydrogens (primary N) is 2. The second-order valence-corrected chi connectivity index (χ2v) is 11.7. The van der Waals surface area contributed by atoms with E-state index in [0.29, 0.717) is 24.4 Å². The third-order valence-corrected chi connectivity index (χ3v) is 8.81. The first kappa shape index (κ1) is 30.1. The molecular formula is C32H45N7O2. The molecule has 41 heavy (non-hydrogen) atoms. The van der Waals surface area contributed by atoms with Gasteiger partial charge in [0.15, 0.2) is 5.96 Å². The van der Waals surface area contributed by atoms with Gasteiger partial charge in [-0.1, -0.05) is 67.8 Å². The number of nitrogen functional groups attached to an aromatic ring is 1. The van der Waals surface area contributed by atoms with Gasteiger partial charge in [0.25, 0.3) is 0 Å². The number of guanidine groups is 1. The smallest absolute Gasteiger partial charge is 0.242 e. The zero-order chi connectivity index (χ0) is 29.4. The van der Waals surface area contributed by atoms with E-state index in [1.807, 2.05) is 60.4 Å². The molecule has 2 atom stereocenters. The summed E-state index contributed by atoms with van der Waals surface area (Å²) in [6.45, 7) is 4.03. The summed E-state index contributed by atoms with van der Waals surface area (Å²) >= 11 is 0. The number of nitrogens with zero attached hydrogens (tertiary/aromatic N) is 1. The van der Waals surface area contributed by atoms with E-state index < -0.39 is 12.0 Å². The van der Waals surface area contributed by atoms with Crippen LogP contribution in [0.4, 0.5) is 0 Å². The van der Waals surface area contributed by atoms with Crippen LogP contribution in [0.25, 0.3) is 0 Å². The van der Waals surface area contributed by atoms with Crippen molar-refractivity contribution in [2.75, 3.05) is 19.6 Å². The lowest BCUT2D eigenvalue weighted by molar-refractivity contribution is -0.131. The molecule has 2 aromatic rings. The summed E-state index contributed by atoms with van der Waals surface area (Å²) < 4.78 is 0. The first-order valence-electron chi connectivity index (χ1n) is 14.9. The molecule has 2 aromatic carbocycles. The number of benzene rings is 2. The van der Waals surface area contributed by atoms with Crippen LogP contribution in [0.15, 0.2) is 48.5 Å². The Morgan fingerprint density at radius 3 is 2.20 bits per heavy atom. The maximum Gasteiger partial charge on any atom is 0.242 e. The molecule has 1 saturated heterocycles. The first-order chi connectivity index (χ1) is 19.7. The number of aryl methyl sites for hydroxylation is 1. The molecule has 8 N–H and O–H groups in total. The van der Waals surface area contributed by atoms with Crippen LogP contribution >= 0.6 is 0 Å². The van der Waals surface area contributed by atoms with Crippen molar-refractivity contribution in [3.8, 4) is 0 Å². The Hall–Kier alpha value is -3.88. The van der Waals surface area contributed by atoms with Crippen LogP contribution < -0.4 is 22.1 Å². The Morgan fingerprint density at radius 1 is 0.927 bits per heavy atom. The number of amides is 2. The average molecular weight is 560 g/mol. The molecule has 9 heteroatoms. The van der Waals surface area contributed by atoms with Crippen LogP contribution in [0.3, 0.4) is 0 Å². The molecule has 220 valence electrons. The van der Waals surface area contributed by atoms with E-state index in [0.717, 1.165) is 74.7 Å². The quantitative estimate of drug-likeness (QED) is 0.194. The van der Waals surface area contributed by atoms with E-state index in [1.54, 1.807) is 0 Å². The van der Waals surface area contributed by atoms with Crippen molar-refractivity contribution in [1.82, 2.24) is 15.5 Å². The van der Waals surface area contributed by atoms with Crippen LogP contribution in [0.5, 0.6) is 0 Å². The number of amidine groups is 1. The van der Waals surface area contributed by atoms with E-state index in [1.165, 1.54) is 0 Å². The summed E-state index contributed by atoms with van der Waals surface area (Å²) in [4.78, 5) is 29.6. The molecule has 1 saturated carbocycles. The third-order valence-electron chi connectivity index (χ3n) is 8.81. The van der Waals surface area contributed by atoms with Crippen molar-refractivity contribution in [1.29, 1.82) is 10.8 Å². The molecule has 2 amide bonds. The zero-order valence-corrected chi connectivity index (χ0v) is 24.1. The fourth-order valence-electron chi connectivity index (χ4n) is 6.23. The zero-order valence-electron chi connectivity index (χ0n) is 24.1.